The van der Waals surface area contributed by atoms with Gasteiger partial charge in [0.1, 0.15) is 11.9 Å². The van der Waals surface area contributed by atoms with E-state index in [1.807, 2.05) is 0 Å². The second-order valence-electron chi connectivity index (χ2n) is 4.43. The van der Waals surface area contributed by atoms with Crippen LogP contribution in [0, 0.1) is 20.8 Å². The van der Waals surface area contributed by atoms with E-state index in [2.05, 4.69) is 38.2 Å². The van der Waals surface area contributed by atoms with Gasteiger partial charge in [-0.15, -0.1) is 0 Å². The molecule has 0 aromatic heterocycles. The molecule has 0 aliphatic carbocycles. The molecule has 15 heavy (non-hydrogen) atoms. The summed E-state index contributed by atoms with van der Waals surface area (Å²) in [5, 5.41) is 3.31. The predicted molar refractivity (Wildman–Crippen MR) is 62.6 cm³/mol. The van der Waals surface area contributed by atoms with E-state index >= 15 is 0 Å². The zero-order valence-corrected chi connectivity index (χ0v) is 9.76. The minimum atomic E-state index is 0.353. The Bertz CT molecular complexity index is 354. The fraction of sp³-hybridized carbons (Fsp3) is 0.538. The molecule has 82 valence electrons. The highest BCUT2D eigenvalue weighted by atomic mass is 16.5. The summed E-state index contributed by atoms with van der Waals surface area (Å²) in [6.07, 6.45) is 1.47. The molecular weight excluding hydrogens is 186 g/mol. The Balaban J connectivity index is 2.16. The van der Waals surface area contributed by atoms with Crippen molar-refractivity contribution in [1.29, 1.82) is 0 Å². The molecule has 1 aromatic rings. The van der Waals surface area contributed by atoms with Crippen LogP contribution in [0.2, 0.25) is 0 Å². The SMILES string of the molecule is Cc1cc(C)c(OC2CCNC2)cc1C. The first kappa shape index (κ1) is 10.5. The van der Waals surface area contributed by atoms with Crippen molar-refractivity contribution in [1.82, 2.24) is 5.32 Å². The molecule has 2 nitrogen and oxygen atoms in total. The Morgan fingerprint density at radius 3 is 2.53 bits per heavy atom. The maximum atomic E-state index is 5.98. The van der Waals surface area contributed by atoms with Crippen LogP contribution in [-0.2, 0) is 0 Å². The molecule has 2 rings (SSSR count). The van der Waals surface area contributed by atoms with Crippen molar-refractivity contribution < 1.29 is 4.74 Å². The lowest BCUT2D eigenvalue weighted by Crippen LogP contribution is -2.20. The van der Waals surface area contributed by atoms with Crippen molar-refractivity contribution >= 4 is 0 Å². The van der Waals surface area contributed by atoms with Gasteiger partial charge in [0.05, 0.1) is 0 Å². The van der Waals surface area contributed by atoms with E-state index in [-0.39, 0.29) is 0 Å². The Kier molecular flexibility index (Phi) is 2.96. The average Bonchev–Trinajstić information content (AvgIpc) is 2.67. The zero-order valence-electron chi connectivity index (χ0n) is 9.76. The summed E-state index contributed by atoms with van der Waals surface area (Å²) in [5.41, 5.74) is 3.89. The molecule has 0 bridgehead atoms. The molecule has 1 fully saturated rings. The summed E-state index contributed by atoms with van der Waals surface area (Å²) in [6.45, 7) is 8.45. The van der Waals surface area contributed by atoms with Gasteiger partial charge < -0.3 is 10.1 Å². The second-order valence-corrected chi connectivity index (χ2v) is 4.43. The monoisotopic (exact) mass is 205 g/mol. The number of aryl methyl sites for hydroxylation is 3. The number of hydrogen-bond donors (Lipinski definition) is 1. The standard InChI is InChI=1S/C13H19NO/c1-9-6-11(3)13(7-10(9)2)15-12-4-5-14-8-12/h6-7,12,14H,4-5,8H2,1-3H3. The maximum Gasteiger partial charge on any atom is 0.122 e. The minimum absolute atomic E-state index is 0.353. The Morgan fingerprint density at radius 1 is 1.13 bits per heavy atom. The third-order valence-corrected chi connectivity index (χ3v) is 3.10. The minimum Gasteiger partial charge on any atom is -0.489 e. The van der Waals surface area contributed by atoms with Crippen LogP contribution in [0.1, 0.15) is 23.1 Å². The van der Waals surface area contributed by atoms with E-state index < -0.39 is 0 Å². The molecule has 1 aliphatic rings. The zero-order chi connectivity index (χ0) is 10.8. The number of ether oxygens (including phenoxy) is 1. The molecule has 1 N–H and O–H groups in total. The molecular formula is C13H19NO. The molecule has 0 radical (unpaired) electrons. The van der Waals surface area contributed by atoms with Gasteiger partial charge >= 0.3 is 0 Å². The van der Waals surface area contributed by atoms with Gasteiger partial charge in [-0.25, -0.2) is 0 Å². The van der Waals surface area contributed by atoms with Crippen molar-refractivity contribution in [2.75, 3.05) is 13.1 Å². The summed E-state index contributed by atoms with van der Waals surface area (Å²) in [4.78, 5) is 0. The highest BCUT2D eigenvalue weighted by molar-refractivity contribution is 5.41. The number of benzene rings is 1. The van der Waals surface area contributed by atoms with Gasteiger partial charge in [-0.2, -0.15) is 0 Å². The molecule has 1 saturated heterocycles. The highest BCUT2D eigenvalue weighted by Gasteiger charge is 2.16. The van der Waals surface area contributed by atoms with Crippen LogP contribution in [0.25, 0.3) is 0 Å². The van der Waals surface area contributed by atoms with Crippen LogP contribution >= 0.6 is 0 Å². The lowest BCUT2D eigenvalue weighted by Gasteiger charge is -2.16. The summed E-state index contributed by atoms with van der Waals surface area (Å²) in [7, 11) is 0. The normalized spacial score (nSPS) is 20.6. The first-order chi connectivity index (χ1) is 7.16. The molecule has 0 amide bonds. The van der Waals surface area contributed by atoms with E-state index in [1.165, 1.54) is 16.7 Å². The summed E-state index contributed by atoms with van der Waals surface area (Å²) < 4.78 is 5.98. The van der Waals surface area contributed by atoms with Gasteiger partial charge in [0, 0.05) is 6.54 Å². The van der Waals surface area contributed by atoms with E-state index in [4.69, 9.17) is 4.74 Å². The van der Waals surface area contributed by atoms with Crippen LogP contribution in [0.3, 0.4) is 0 Å². The largest absolute Gasteiger partial charge is 0.489 e. The third kappa shape index (κ3) is 2.32. The van der Waals surface area contributed by atoms with Crippen LogP contribution in [-0.4, -0.2) is 19.2 Å². The fourth-order valence-corrected chi connectivity index (χ4v) is 1.97. The quantitative estimate of drug-likeness (QED) is 0.800. The van der Waals surface area contributed by atoms with Crippen molar-refractivity contribution in [2.45, 2.75) is 33.3 Å². The topological polar surface area (TPSA) is 21.3 Å². The molecule has 0 spiro atoms. The number of hydrogen-bond acceptors (Lipinski definition) is 2. The number of nitrogens with one attached hydrogen (secondary N) is 1. The van der Waals surface area contributed by atoms with E-state index in [0.717, 1.165) is 25.3 Å². The third-order valence-electron chi connectivity index (χ3n) is 3.10. The number of rotatable bonds is 2. The molecule has 1 aliphatic heterocycles. The van der Waals surface area contributed by atoms with E-state index in [9.17, 15) is 0 Å². The lowest BCUT2D eigenvalue weighted by molar-refractivity contribution is 0.221. The smallest absolute Gasteiger partial charge is 0.122 e. The van der Waals surface area contributed by atoms with E-state index in [1.54, 1.807) is 0 Å². The van der Waals surface area contributed by atoms with Crippen LogP contribution in [0.15, 0.2) is 12.1 Å². The first-order valence-corrected chi connectivity index (χ1v) is 5.62. The van der Waals surface area contributed by atoms with Gasteiger partial charge in [0.25, 0.3) is 0 Å². The second kappa shape index (κ2) is 4.23. The van der Waals surface area contributed by atoms with Gasteiger partial charge in [0.15, 0.2) is 0 Å². The fourth-order valence-electron chi connectivity index (χ4n) is 1.97. The molecule has 1 atom stereocenters. The summed E-state index contributed by atoms with van der Waals surface area (Å²) >= 11 is 0. The Hall–Kier alpha value is -1.02. The van der Waals surface area contributed by atoms with Crippen LogP contribution in [0.4, 0.5) is 0 Å². The molecule has 1 aromatic carbocycles. The molecule has 1 heterocycles. The first-order valence-electron chi connectivity index (χ1n) is 5.62. The highest BCUT2D eigenvalue weighted by Crippen LogP contribution is 2.24. The van der Waals surface area contributed by atoms with Gasteiger partial charge in [-0.3, -0.25) is 0 Å². The summed E-state index contributed by atoms with van der Waals surface area (Å²) in [6, 6.07) is 4.36. The van der Waals surface area contributed by atoms with E-state index in [0.29, 0.717) is 6.10 Å². The van der Waals surface area contributed by atoms with Crippen molar-refractivity contribution in [2.24, 2.45) is 0 Å². The van der Waals surface area contributed by atoms with Gasteiger partial charge in [-0.05, 0) is 56.5 Å². The summed E-state index contributed by atoms with van der Waals surface area (Å²) in [5.74, 6) is 1.05. The lowest BCUT2D eigenvalue weighted by atomic mass is 10.1. The van der Waals surface area contributed by atoms with Gasteiger partial charge in [0.2, 0.25) is 0 Å². The Morgan fingerprint density at radius 2 is 1.87 bits per heavy atom. The van der Waals surface area contributed by atoms with Crippen molar-refractivity contribution in [3.05, 3.63) is 28.8 Å². The average molecular weight is 205 g/mol. The molecule has 2 heteroatoms. The molecule has 1 unspecified atom stereocenters. The van der Waals surface area contributed by atoms with Crippen LogP contribution in [0.5, 0.6) is 5.75 Å². The maximum absolute atomic E-state index is 5.98. The Labute approximate surface area is 91.6 Å². The molecule has 0 saturated carbocycles. The predicted octanol–water partition coefficient (Wildman–Crippen LogP) is 2.35. The van der Waals surface area contributed by atoms with Crippen molar-refractivity contribution in [3.8, 4) is 5.75 Å². The van der Waals surface area contributed by atoms with Crippen molar-refractivity contribution in [3.63, 3.8) is 0 Å². The van der Waals surface area contributed by atoms with Gasteiger partial charge in [-0.1, -0.05) is 6.07 Å². The van der Waals surface area contributed by atoms with Crippen LogP contribution < -0.4 is 10.1 Å².